The number of rotatable bonds is 5. The Balaban J connectivity index is 1.39. The number of amides is 1. The zero-order valence-corrected chi connectivity index (χ0v) is 18.4. The largest absolute Gasteiger partial charge is 0.324 e. The second kappa shape index (κ2) is 8.25. The fraction of sp³-hybridized carbons (Fsp3) is 0.174. The van der Waals surface area contributed by atoms with Crippen LogP contribution in [0.2, 0.25) is 0 Å². The molecule has 0 spiro atoms. The average molecular weight is 453 g/mol. The van der Waals surface area contributed by atoms with Gasteiger partial charge < -0.3 is 10.3 Å². The Hall–Kier alpha value is -4.85. The molecule has 0 bridgehead atoms. The maximum Gasteiger partial charge on any atom is 0.261 e. The molecule has 11 heteroatoms. The van der Waals surface area contributed by atoms with E-state index in [2.05, 4.69) is 36.5 Å². The van der Waals surface area contributed by atoms with E-state index in [4.69, 9.17) is 0 Å². The highest BCUT2D eigenvalue weighted by atomic mass is 16.1. The molecule has 1 amide bonds. The van der Waals surface area contributed by atoms with Gasteiger partial charge in [-0.2, -0.15) is 15.5 Å². The molecule has 0 aliphatic heterocycles. The molecule has 168 valence electrons. The number of aryl methyl sites for hydroxylation is 2. The normalized spacial score (nSPS) is 11.1. The maximum absolute atomic E-state index is 12.9. The number of anilines is 1. The summed E-state index contributed by atoms with van der Waals surface area (Å²) in [5, 5.41) is 21.1. The van der Waals surface area contributed by atoms with Crippen LogP contribution in [0.5, 0.6) is 0 Å². The molecule has 0 aliphatic rings. The number of H-pyrrole nitrogens is 1. The number of aromatic amines is 1. The van der Waals surface area contributed by atoms with Gasteiger partial charge >= 0.3 is 0 Å². The highest BCUT2D eigenvalue weighted by Crippen LogP contribution is 2.23. The Labute approximate surface area is 192 Å². The van der Waals surface area contributed by atoms with Crippen molar-refractivity contribution in [2.24, 2.45) is 0 Å². The summed E-state index contributed by atoms with van der Waals surface area (Å²) >= 11 is 0. The summed E-state index contributed by atoms with van der Waals surface area (Å²) in [7, 11) is 0. The number of fused-ring (bicyclic) bond motifs is 2. The van der Waals surface area contributed by atoms with Crippen LogP contribution in [-0.2, 0) is 11.2 Å². The number of aromatic nitrogens is 7. The van der Waals surface area contributed by atoms with Gasteiger partial charge in [0.2, 0.25) is 5.91 Å². The third-order valence-corrected chi connectivity index (χ3v) is 5.71. The lowest BCUT2D eigenvalue weighted by molar-refractivity contribution is -0.116. The molecular weight excluding hydrogens is 434 g/mol. The SMILES string of the molecule is Cc1nc2c(C#N)cnn2c(C)c1CCC(=O)Nc1ccccc1-n1ncc2c(=O)[nH]cnc21. The fourth-order valence-corrected chi connectivity index (χ4v) is 4.00. The Bertz CT molecular complexity index is 1670. The minimum Gasteiger partial charge on any atom is -0.324 e. The van der Waals surface area contributed by atoms with Gasteiger partial charge in [0.25, 0.3) is 5.56 Å². The molecule has 4 heterocycles. The first kappa shape index (κ1) is 21.0. The van der Waals surface area contributed by atoms with Crippen molar-refractivity contribution in [1.29, 1.82) is 5.26 Å². The number of nitrogens with one attached hydrogen (secondary N) is 2. The number of benzene rings is 1. The van der Waals surface area contributed by atoms with E-state index < -0.39 is 0 Å². The van der Waals surface area contributed by atoms with Crippen molar-refractivity contribution < 1.29 is 4.79 Å². The summed E-state index contributed by atoms with van der Waals surface area (Å²) in [5.74, 6) is -0.188. The third-order valence-electron chi connectivity index (χ3n) is 5.71. The van der Waals surface area contributed by atoms with Gasteiger partial charge in [0.15, 0.2) is 11.3 Å². The van der Waals surface area contributed by atoms with Crippen LogP contribution in [0.25, 0.3) is 22.4 Å². The predicted octanol–water partition coefficient (Wildman–Crippen LogP) is 2.21. The second-order valence-corrected chi connectivity index (χ2v) is 7.76. The van der Waals surface area contributed by atoms with Gasteiger partial charge in [0.1, 0.15) is 17.0 Å². The lowest BCUT2D eigenvalue weighted by Crippen LogP contribution is -2.16. The summed E-state index contributed by atoms with van der Waals surface area (Å²) < 4.78 is 3.16. The minimum atomic E-state index is -0.284. The van der Waals surface area contributed by atoms with E-state index in [1.807, 2.05) is 26.0 Å². The first-order chi connectivity index (χ1) is 16.5. The summed E-state index contributed by atoms with van der Waals surface area (Å²) in [6, 6.07) is 9.28. The van der Waals surface area contributed by atoms with Crippen LogP contribution in [0.4, 0.5) is 5.69 Å². The van der Waals surface area contributed by atoms with E-state index in [1.165, 1.54) is 23.4 Å². The molecule has 0 radical (unpaired) electrons. The highest BCUT2D eigenvalue weighted by Gasteiger charge is 2.17. The number of carbonyl (C=O) groups is 1. The summed E-state index contributed by atoms with van der Waals surface area (Å²) in [5.41, 5.74) is 4.69. The highest BCUT2D eigenvalue weighted by molar-refractivity contribution is 5.93. The molecule has 2 N–H and O–H groups in total. The second-order valence-electron chi connectivity index (χ2n) is 7.76. The van der Waals surface area contributed by atoms with Crippen molar-refractivity contribution in [3.05, 3.63) is 75.9 Å². The van der Waals surface area contributed by atoms with E-state index in [0.717, 1.165) is 17.0 Å². The number of hydrogen-bond donors (Lipinski definition) is 2. The Kier molecular flexibility index (Phi) is 5.10. The van der Waals surface area contributed by atoms with Crippen LogP contribution in [0.3, 0.4) is 0 Å². The van der Waals surface area contributed by atoms with E-state index in [9.17, 15) is 14.9 Å². The van der Waals surface area contributed by atoms with Gasteiger partial charge in [-0.25, -0.2) is 19.2 Å². The lowest BCUT2D eigenvalue weighted by Gasteiger charge is -2.13. The topological polar surface area (TPSA) is 147 Å². The number of hydrogen-bond acceptors (Lipinski definition) is 7. The molecule has 0 unspecified atom stereocenters. The monoisotopic (exact) mass is 453 g/mol. The van der Waals surface area contributed by atoms with Crippen LogP contribution in [0.15, 0.2) is 47.8 Å². The van der Waals surface area contributed by atoms with Gasteiger partial charge in [-0.1, -0.05) is 12.1 Å². The van der Waals surface area contributed by atoms with Gasteiger partial charge in [-0.05, 0) is 38.0 Å². The fourth-order valence-electron chi connectivity index (χ4n) is 4.00. The molecule has 0 atom stereocenters. The first-order valence-electron chi connectivity index (χ1n) is 10.5. The van der Waals surface area contributed by atoms with Crippen LogP contribution in [0.1, 0.15) is 28.9 Å². The molecule has 0 saturated heterocycles. The smallest absolute Gasteiger partial charge is 0.261 e. The van der Waals surface area contributed by atoms with Gasteiger partial charge in [0, 0.05) is 17.8 Å². The number of para-hydroxylation sites is 2. The third kappa shape index (κ3) is 3.47. The molecular formula is C23H19N9O2. The molecule has 0 fully saturated rings. The van der Waals surface area contributed by atoms with Crippen LogP contribution < -0.4 is 10.9 Å². The Morgan fingerprint density at radius 1 is 1.18 bits per heavy atom. The lowest BCUT2D eigenvalue weighted by atomic mass is 10.1. The molecule has 5 aromatic rings. The van der Waals surface area contributed by atoms with Crippen LogP contribution >= 0.6 is 0 Å². The summed E-state index contributed by atoms with van der Waals surface area (Å²) in [6.07, 6.45) is 4.93. The molecule has 34 heavy (non-hydrogen) atoms. The number of nitrogens with zero attached hydrogens (tertiary/aromatic N) is 7. The van der Waals surface area contributed by atoms with Crippen molar-refractivity contribution in [2.75, 3.05) is 5.32 Å². The number of nitriles is 1. The summed E-state index contributed by atoms with van der Waals surface area (Å²) in [6.45, 7) is 3.76. The van der Waals surface area contributed by atoms with E-state index in [0.29, 0.717) is 40.0 Å². The zero-order valence-electron chi connectivity index (χ0n) is 18.4. The molecule has 5 rings (SSSR count). The van der Waals surface area contributed by atoms with Gasteiger partial charge in [-0.3, -0.25) is 9.59 Å². The van der Waals surface area contributed by atoms with Crippen molar-refractivity contribution in [1.82, 2.24) is 34.3 Å². The Morgan fingerprint density at radius 3 is 2.82 bits per heavy atom. The molecule has 0 saturated carbocycles. The Morgan fingerprint density at radius 2 is 2.00 bits per heavy atom. The summed E-state index contributed by atoms with van der Waals surface area (Å²) in [4.78, 5) is 36.1. The maximum atomic E-state index is 12.9. The average Bonchev–Trinajstić information content (AvgIpc) is 3.44. The minimum absolute atomic E-state index is 0.188. The van der Waals surface area contributed by atoms with Crippen molar-refractivity contribution in [2.45, 2.75) is 26.7 Å². The molecule has 1 aromatic carbocycles. The molecule has 0 aliphatic carbocycles. The van der Waals surface area contributed by atoms with E-state index in [1.54, 1.807) is 16.6 Å². The van der Waals surface area contributed by atoms with Gasteiger partial charge in [0.05, 0.1) is 30.1 Å². The van der Waals surface area contributed by atoms with Crippen molar-refractivity contribution in [3.63, 3.8) is 0 Å². The quantitative estimate of drug-likeness (QED) is 0.415. The van der Waals surface area contributed by atoms with Crippen molar-refractivity contribution >= 4 is 28.3 Å². The van der Waals surface area contributed by atoms with Gasteiger partial charge in [-0.15, -0.1) is 0 Å². The van der Waals surface area contributed by atoms with Crippen LogP contribution in [-0.4, -0.2) is 40.3 Å². The van der Waals surface area contributed by atoms with E-state index in [-0.39, 0.29) is 17.9 Å². The molecule has 11 nitrogen and oxygen atoms in total. The zero-order chi connectivity index (χ0) is 23.8. The van der Waals surface area contributed by atoms with Crippen LogP contribution in [0, 0.1) is 25.2 Å². The predicted molar refractivity (Wildman–Crippen MR) is 124 cm³/mol. The molecule has 4 aromatic heterocycles. The van der Waals surface area contributed by atoms with E-state index >= 15 is 0 Å². The van der Waals surface area contributed by atoms with Crippen molar-refractivity contribution in [3.8, 4) is 11.8 Å². The first-order valence-corrected chi connectivity index (χ1v) is 10.5. The standard InChI is InChI=1S/C23H19N9O2/c1-13-16(14(2)31-21(29-13)15(9-24)10-27-31)7-8-20(33)30-18-5-3-4-6-19(18)32-22-17(11-28-32)23(34)26-12-25-22/h3-6,10-12H,7-8H2,1-2H3,(H,30,33)(H,25,26,34). The number of carbonyl (C=O) groups excluding carboxylic acids is 1.